The maximum atomic E-state index is 13.2. The summed E-state index contributed by atoms with van der Waals surface area (Å²) in [7, 11) is -4.63. The number of benzene rings is 2. The average Bonchev–Trinajstić information content (AvgIpc) is 2.46. The lowest BCUT2D eigenvalue weighted by atomic mass is 10.1. The Bertz CT molecular complexity index is 674. The maximum absolute atomic E-state index is 13.2. The summed E-state index contributed by atoms with van der Waals surface area (Å²) in [4.78, 5) is 9.84. The Labute approximate surface area is 129 Å². The summed E-state index contributed by atoms with van der Waals surface area (Å²) in [5.41, 5.74) is -0.304. The average molecular weight is 351 g/mol. The van der Waals surface area contributed by atoms with Crippen LogP contribution in [0.15, 0.2) is 54.6 Å². The Hall–Kier alpha value is -1.33. The highest BCUT2D eigenvalue weighted by atomic mass is 35.5. The summed E-state index contributed by atoms with van der Waals surface area (Å²) in [5, 5.41) is 0.0399. The van der Waals surface area contributed by atoms with Gasteiger partial charge in [0.25, 0.3) is 0 Å². The molecule has 0 aromatic heterocycles. The fraction of sp³-hybridized carbons (Fsp3) is 0.143. The lowest BCUT2D eigenvalue weighted by molar-refractivity contribution is -0.199. The molecule has 118 valence electrons. The highest BCUT2D eigenvalue weighted by Gasteiger charge is 2.46. The highest BCUT2D eigenvalue weighted by Crippen LogP contribution is 2.50. The van der Waals surface area contributed by atoms with Crippen molar-refractivity contribution < 1.29 is 27.2 Å². The smallest absolute Gasteiger partial charge is 0.321 e. The second-order valence-electron chi connectivity index (χ2n) is 4.43. The first-order valence-electron chi connectivity index (χ1n) is 6.09. The Morgan fingerprint density at radius 2 is 1.59 bits per heavy atom. The van der Waals surface area contributed by atoms with Crippen molar-refractivity contribution in [2.75, 3.05) is 0 Å². The van der Waals surface area contributed by atoms with E-state index < -0.39 is 19.9 Å². The summed E-state index contributed by atoms with van der Waals surface area (Å²) in [6.07, 6.45) is -7.37. The van der Waals surface area contributed by atoms with Gasteiger partial charge in [-0.2, -0.15) is 13.2 Å². The van der Waals surface area contributed by atoms with E-state index in [4.69, 9.17) is 11.6 Å². The minimum absolute atomic E-state index is 0.210. The number of hydrogen-bond donors (Lipinski definition) is 1. The Balaban J connectivity index is 2.36. The molecule has 22 heavy (non-hydrogen) atoms. The van der Waals surface area contributed by atoms with E-state index in [-0.39, 0.29) is 15.9 Å². The SMILES string of the molecule is O=P(O)(O[C@@H](c1ccc(Cl)cc1)C(F)(F)F)c1ccccc1. The summed E-state index contributed by atoms with van der Waals surface area (Å²) in [6, 6.07) is 11.6. The zero-order chi connectivity index (χ0) is 16.4. The first-order chi connectivity index (χ1) is 10.2. The molecule has 3 nitrogen and oxygen atoms in total. The van der Waals surface area contributed by atoms with Crippen LogP contribution in [-0.2, 0) is 9.09 Å². The monoisotopic (exact) mass is 350 g/mol. The van der Waals surface area contributed by atoms with Crippen LogP contribution in [0.2, 0.25) is 5.02 Å². The third-order valence-corrected chi connectivity index (χ3v) is 4.50. The normalized spacial score (nSPS) is 16.0. The zero-order valence-corrected chi connectivity index (χ0v) is 12.6. The third-order valence-electron chi connectivity index (χ3n) is 2.80. The van der Waals surface area contributed by atoms with Gasteiger partial charge in [-0.05, 0) is 29.8 Å². The lowest BCUT2D eigenvalue weighted by Crippen LogP contribution is -2.24. The van der Waals surface area contributed by atoms with Gasteiger partial charge in [0, 0.05) is 5.02 Å². The maximum Gasteiger partial charge on any atom is 0.419 e. The molecular formula is C14H11ClF3O3P. The molecule has 0 aliphatic carbocycles. The molecule has 8 heteroatoms. The minimum Gasteiger partial charge on any atom is -0.321 e. The second-order valence-corrected chi connectivity index (χ2v) is 6.64. The lowest BCUT2D eigenvalue weighted by Gasteiger charge is -2.24. The van der Waals surface area contributed by atoms with Gasteiger partial charge < -0.3 is 4.89 Å². The van der Waals surface area contributed by atoms with E-state index in [1.165, 1.54) is 36.4 Å². The van der Waals surface area contributed by atoms with Crippen molar-refractivity contribution in [3.63, 3.8) is 0 Å². The number of halogens is 4. The van der Waals surface area contributed by atoms with Crippen LogP contribution in [0.25, 0.3) is 0 Å². The first kappa shape index (κ1) is 17.0. The zero-order valence-electron chi connectivity index (χ0n) is 11.0. The van der Waals surface area contributed by atoms with Gasteiger partial charge in [0.05, 0.1) is 5.30 Å². The molecule has 0 heterocycles. The molecule has 2 aromatic carbocycles. The van der Waals surface area contributed by atoms with E-state index in [0.717, 1.165) is 12.1 Å². The van der Waals surface area contributed by atoms with E-state index in [2.05, 4.69) is 4.52 Å². The van der Waals surface area contributed by atoms with E-state index in [1.54, 1.807) is 6.07 Å². The Kier molecular flexibility index (Phi) is 4.97. The van der Waals surface area contributed by atoms with Crippen molar-refractivity contribution in [3.8, 4) is 0 Å². The molecule has 0 radical (unpaired) electrons. The van der Waals surface area contributed by atoms with Gasteiger partial charge in [0.15, 0.2) is 6.10 Å². The molecule has 0 amide bonds. The fourth-order valence-corrected chi connectivity index (χ4v) is 3.09. The molecule has 2 aromatic rings. The van der Waals surface area contributed by atoms with Crippen molar-refractivity contribution >= 4 is 24.5 Å². The van der Waals surface area contributed by atoms with Crippen molar-refractivity contribution in [2.24, 2.45) is 0 Å². The van der Waals surface area contributed by atoms with Crippen molar-refractivity contribution in [2.45, 2.75) is 12.3 Å². The van der Waals surface area contributed by atoms with Gasteiger partial charge >= 0.3 is 13.8 Å². The topological polar surface area (TPSA) is 46.5 Å². The highest BCUT2D eigenvalue weighted by molar-refractivity contribution is 7.61. The van der Waals surface area contributed by atoms with Gasteiger partial charge in [0.2, 0.25) is 0 Å². The van der Waals surface area contributed by atoms with E-state index >= 15 is 0 Å². The molecule has 0 spiro atoms. The Morgan fingerprint density at radius 1 is 1.05 bits per heavy atom. The van der Waals surface area contributed by atoms with Gasteiger partial charge in [-0.1, -0.05) is 41.9 Å². The molecule has 0 aliphatic heterocycles. The molecular weight excluding hydrogens is 340 g/mol. The molecule has 0 saturated carbocycles. The summed E-state index contributed by atoms with van der Waals surface area (Å²) < 4.78 is 56.2. The molecule has 1 unspecified atom stereocenters. The summed E-state index contributed by atoms with van der Waals surface area (Å²) in [6.45, 7) is 0. The van der Waals surface area contributed by atoms with Gasteiger partial charge in [-0.15, -0.1) is 0 Å². The Morgan fingerprint density at radius 3 is 2.09 bits per heavy atom. The third kappa shape index (κ3) is 4.11. The van der Waals surface area contributed by atoms with Crippen molar-refractivity contribution in [3.05, 3.63) is 65.2 Å². The van der Waals surface area contributed by atoms with Crippen LogP contribution in [0.3, 0.4) is 0 Å². The molecule has 0 bridgehead atoms. The van der Waals surface area contributed by atoms with Crippen LogP contribution in [0, 0.1) is 0 Å². The van der Waals surface area contributed by atoms with E-state index in [1.807, 2.05) is 0 Å². The molecule has 1 N–H and O–H groups in total. The number of hydrogen-bond acceptors (Lipinski definition) is 2. The van der Waals surface area contributed by atoms with Gasteiger partial charge in [-0.25, -0.2) is 0 Å². The summed E-state index contributed by atoms with van der Waals surface area (Å²) >= 11 is 5.63. The van der Waals surface area contributed by atoms with Crippen LogP contribution < -0.4 is 5.30 Å². The van der Waals surface area contributed by atoms with Crippen LogP contribution in [0.4, 0.5) is 13.2 Å². The van der Waals surface area contributed by atoms with Crippen LogP contribution >= 0.6 is 19.2 Å². The number of alkyl halides is 3. The predicted octanol–water partition coefficient (Wildman–Crippen LogP) is 4.47. The van der Waals surface area contributed by atoms with Crippen LogP contribution in [-0.4, -0.2) is 11.1 Å². The largest absolute Gasteiger partial charge is 0.419 e. The van der Waals surface area contributed by atoms with Gasteiger partial charge in [0.1, 0.15) is 0 Å². The van der Waals surface area contributed by atoms with E-state index in [9.17, 15) is 22.6 Å². The quantitative estimate of drug-likeness (QED) is 0.827. The number of rotatable bonds is 4. The van der Waals surface area contributed by atoms with Crippen molar-refractivity contribution in [1.82, 2.24) is 0 Å². The molecule has 0 aliphatic rings. The molecule has 2 rings (SSSR count). The van der Waals surface area contributed by atoms with Crippen LogP contribution in [0.5, 0.6) is 0 Å². The fourth-order valence-electron chi connectivity index (χ4n) is 1.77. The van der Waals surface area contributed by atoms with Crippen LogP contribution in [0.1, 0.15) is 11.7 Å². The van der Waals surface area contributed by atoms with Gasteiger partial charge in [-0.3, -0.25) is 9.09 Å². The molecule has 2 atom stereocenters. The van der Waals surface area contributed by atoms with Crippen molar-refractivity contribution in [1.29, 1.82) is 0 Å². The van der Waals surface area contributed by atoms with E-state index in [0.29, 0.717) is 0 Å². The molecule has 0 fully saturated rings. The first-order valence-corrected chi connectivity index (χ1v) is 8.05. The standard InChI is InChI=1S/C14H11ClF3O3P/c15-11-8-6-10(7-9-11)13(14(16,17)18)21-22(19,20)12-4-2-1-3-5-12/h1-9,13H,(H,19,20)/t13-/m0/s1. The minimum atomic E-state index is -4.85. The second kappa shape index (κ2) is 6.42. The molecule has 0 saturated heterocycles. The summed E-state index contributed by atoms with van der Waals surface area (Å²) in [5.74, 6) is 0. The predicted molar refractivity (Wildman–Crippen MR) is 77.2 cm³/mol.